The van der Waals surface area contributed by atoms with Gasteiger partial charge in [-0.3, -0.25) is 4.98 Å². The molecule has 0 fully saturated rings. The average Bonchev–Trinajstić information content (AvgIpc) is 3.69. The van der Waals surface area contributed by atoms with Crippen LogP contribution in [0, 0.1) is 17.9 Å². The third-order valence-corrected chi connectivity index (χ3v) is 10.3. The van der Waals surface area contributed by atoms with Crippen molar-refractivity contribution in [3.8, 4) is 28.3 Å². The molecule has 259 valence electrons. The Morgan fingerprint density at radius 3 is 2.22 bits per heavy atom. The van der Waals surface area contributed by atoms with Crippen molar-refractivity contribution in [2.75, 3.05) is 0 Å². The molecular weight excluding hydrogens is 826 g/mol. The summed E-state index contributed by atoms with van der Waals surface area (Å²) in [6.45, 7) is 12.7. The number of rotatable bonds is 6. The van der Waals surface area contributed by atoms with E-state index in [1.54, 1.807) is 23.6 Å². The Bertz CT molecular complexity index is 2470. The molecule has 0 aliphatic rings. The molecule has 5 aromatic carbocycles. The zero-order chi connectivity index (χ0) is 35.9. The topological polar surface area (TPSA) is 30.7 Å². The van der Waals surface area contributed by atoms with Gasteiger partial charge in [-0.25, -0.2) is 4.39 Å². The maximum absolute atomic E-state index is 14.0. The minimum Gasteiger partial charge on any atom is -0.333 e. The number of hydrogen-bond donors (Lipinski definition) is 0. The van der Waals surface area contributed by atoms with Crippen molar-refractivity contribution in [1.29, 1.82) is 0 Å². The first-order valence-corrected chi connectivity index (χ1v) is 17.9. The number of halogens is 1. The SMILES string of the molecule is CC(C)c1cccc(C(C)C)c1-n1c(-c2[c-]ccc3c2sc2cc(F)ccc23)nc2ccccc21.[2H]C(C)(C)c1ccnc(-c2[c-]cccc2)c1.[Ir]. The second kappa shape index (κ2) is 15.4. The molecule has 0 saturated heterocycles. The van der Waals surface area contributed by atoms with Gasteiger partial charge < -0.3 is 9.55 Å². The molecular formula is C45H40FIrN3S-2. The molecule has 8 rings (SSSR count). The molecule has 0 unspecified atom stereocenters. The van der Waals surface area contributed by atoms with Gasteiger partial charge in [0.25, 0.3) is 0 Å². The minimum absolute atomic E-state index is 0. The largest absolute Gasteiger partial charge is 0.333 e. The summed E-state index contributed by atoms with van der Waals surface area (Å²) >= 11 is 1.61. The number of aromatic nitrogens is 3. The Labute approximate surface area is 319 Å². The maximum atomic E-state index is 14.0. The van der Waals surface area contributed by atoms with E-state index in [2.05, 4.69) is 91.8 Å². The first-order chi connectivity index (χ1) is 24.5. The molecule has 8 aromatic rings. The normalized spacial score (nSPS) is 11.9. The molecule has 0 spiro atoms. The van der Waals surface area contributed by atoms with Crippen LogP contribution in [0.5, 0.6) is 0 Å². The van der Waals surface area contributed by atoms with Gasteiger partial charge in [0, 0.05) is 38.1 Å². The van der Waals surface area contributed by atoms with Crippen LogP contribution >= 0.6 is 11.3 Å². The van der Waals surface area contributed by atoms with Crippen molar-refractivity contribution >= 4 is 42.5 Å². The molecule has 6 heteroatoms. The predicted molar refractivity (Wildman–Crippen MR) is 209 cm³/mol. The van der Waals surface area contributed by atoms with E-state index < -0.39 is 5.89 Å². The van der Waals surface area contributed by atoms with Gasteiger partial charge in [-0.2, -0.15) is 11.3 Å². The number of fused-ring (bicyclic) bond motifs is 4. The molecule has 0 atom stereocenters. The minimum atomic E-state index is -0.591. The van der Waals surface area contributed by atoms with Crippen LogP contribution in [0.3, 0.4) is 0 Å². The number of thiophene rings is 1. The summed E-state index contributed by atoms with van der Waals surface area (Å²) in [5.41, 5.74) is 9.59. The van der Waals surface area contributed by atoms with E-state index in [0.29, 0.717) is 11.8 Å². The van der Waals surface area contributed by atoms with Crippen LogP contribution in [0.2, 0.25) is 0 Å². The molecule has 0 N–H and O–H groups in total. The van der Waals surface area contributed by atoms with Crippen molar-refractivity contribution in [1.82, 2.24) is 14.5 Å². The Balaban J connectivity index is 0.000000230. The fourth-order valence-electron chi connectivity index (χ4n) is 6.51. The van der Waals surface area contributed by atoms with E-state index >= 15 is 0 Å². The maximum Gasteiger partial charge on any atom is 0.124 e. The van der Waals surface area contributed by atoms with Gasteiger partial charge in [-0.1, -0.05) is 101 Å². The molecule has 0 aliphatic carbocycles. The fourth-order valence-corrected chi connectivity index (χ4v) is 7.73. The molecule has 3 nitrogen and oxygen atoms in total. The summed E-state index contributed by atoms with van der Waals surface area (Å²) in [4.78, 5) is 9.47. The summed E-state index contributed by atoms with van der Waals surface area (Å²) in [7, 11) is 0. The zero-order valence-corrected chi connectivity index (χ0v) is 32.8. The second-order valence-electron chi connectivity index (χ2n) is 13.4. The van der Waals surface area contributed by atoms with Crippen LogP contribution < -0.4 is 0 Å². The molecule has 0 aliphatic heterocycles. The fraction of sp³-hybridized carbons (Fsp3) is 0.200. The van der Waals surface area contributed by atoms with Crippen LogP contribution in [-0.2, 0) is 20.1 Å². The number of imidazole rings is 1. The van der Waals surface area contributed by atoms with Gasteiger partial charge in [0.2, 0.25) is 0 Å². The van der Waals surface area contributed by atoms with Crippen molar-refractivity contribution in [2.45, 2.75) is 59.3 Å². The smallest absolute Gasteiger partial charge is 0.124 e. The number of hydrogen-bond acceptors (Lipinski definition) is 3. The first-order valence-electron chi connectivity index (χ1n) is 17.6. The quantitative estimate of drug-likeness (QED) is 0.156. The van der Waals surface area contributed by atoms with Crippen LogP contribution in [0.15, 0.2) is 115 Å². The van der Waals surface area contributed by atoms with Crippen LogP contribution in [-0.4, -0.2) is 14.5 Å². The predicted octanol–water partition coefficient (Wildman–Crippen LogP) is 12.9. The van der Waals surface area contributed by atoms with Crippen molar-refractivity contribution in [2.24, 2.45) is 0 Å². The van der Waals surface area contributed by atoms with Gasteiger partial charge in [-0.15, -0.1) is 54.1 Å². The van der Waals surface area contributed by atoms with Gasteiger partial charge >= 0.3 is 0 Å². The Kier molecular flexibility index (Phi) is 10.6. The number of para-hydroxylation sites is 3. The van der Waals surface area contributed by atoms with Crippen molar-refractivity contribution in [3.05, 3.63) is 150 Å². The summed E-state index contributed by atoms with van der Waals surface area (Å²) in [6.07, 6.45) is 1.75. The second-order valence-corrected chi connectivity index (χ2v) is 14.5. The standard InChI is InChI=1S/C31H26FN2S.C14H14N.Ir/c1-18(2)21-9-7-10-22(19(3)4)29(21)34-27-14-6-5-13-26(27)33-31(34)25-12-8-11-24-23-16-15-20(32)17-28(23)35-30(24)25;1-11(2)13-8-9-15-14(10-13)12-6-4-3-5-7-12;/h5-11,13-19H,1-4H3;3-6,8-11H,1-2H3;/q2*-1;/i;11D;. The Hall–Kier alpha value is -4.48. The van der Waals surface area contributed by atoms with Crippen LogP contribution in [0.1, 0.15) is 77.3 Å². The monoisotopic (exact) mass is 867 g/mol. The van der Waals surface area contributed by atoms with Crippen LogP contribution in [0.25, 0.3) is 59.5 Å². The summed E-state index contributed by atoms with van der Waals surface area (Å²) < 4.78 is 26.4. The number of pyridine rings is 1. The van der Waals surface area contributed by atoms with Gasteiger partial charge in [0.15, 0.2) is 0 Å². The van der Waals surface area contributed by atoms with E-state index in [4.69, 9.17) is 6.35 Å². The molecule has 0 amide bonds. The molecule has 1 radical (unpaired) electrons. The van der Waals surface area contributed by atoms with Gasteiger partial charge in [0.1, 0.15) is 5.82 Å². The third-order valence-electron chi connectivity index (χ3n) is 9.07. The zero-order valence-electron chi connectivity index (χ0n) is 30.6. The first kappa shape index (κ1) is 34.9. The van der Waals surface area contributed by atoms with E-state index in [0.717, 1.165) is 59.4 Å². The number of benzene rings is 5. The van der Waals surface area contributed by atoms with E-state index in [1.165, 1.54) is 22.9 Å². The Morgan fingerprint density at radius 1 is 0.765 bits per heavy atom. The average molecular weight is 867 g/mol. The van der Waals surface area contributed by atoms with E-state index in [-0.39, 0.29) is 25.9 Å². The van der Waals surface area contributed by atoms with Crippen molar-refractivity contribution in [3.63, 3.8) is 0 Å². The molecule has 0 bridgehead atoms. The molecule has 3 heterocycles. The molecule has 51 heavy (non-hydrogen) atoms. The Morgan fingerprint density at radius 2 is 1.51 bits per heavy atom. The van der Waals surface area contributed by atoms with Gasteiger partial charge in [-0.05, 0) is 75.0 Å². The van der Waals surface area contributed by atoms with Crippen LogP contribution in [0.4, 0.5) is 4.39 Å². The molecule has 3 aromatic heterocycles. The van der Waals surface area contributed by atoms with E-state index in [1.807, 2.05) is 68.4 Å². The third kappa shape index (κ3) is 7.19. The number of nitrogens with zero attached hydrogens (tertiary/aromatic N) is 3. The molecule has 0 saturated carbocycles. The summed E-state index contributed by atoms with van der Waals surface area (Å²) in [5, 5.41) is 2.17. The van der Waals surface area contributed by atoms with E-state index in [9.17, 15) is 4.39 Å². The van der Waals surface area contributed by atoms with Gasteiger partial charge in [0.05, 0.1) is 16.9 Å². The van der Waals surface area contributed by atoms with Crippen molar-refractivity contribution < 1.29 is 25.9 Å². The summed E-state index contributed by atoms with van der Waals surface area (Å²) in [5.74, 6) is 0.773. The summed E-state index contributed by atoms with van der Waals surface area (Å²) in [6, 6.07) is 42.3.